The van der Waals surface area contributed by atoms with Crippen LogP contribution in [0.25, 0.3) is 15.9 Å². The summed E-state index contributed by atoms with van der Waals surface area (Å²) in [6.07, 6.45) is 0. The van der Waals surface area contributed by atoms with E-state index in [-0.39, 0.29) is 5.91 Å². The van der Waals surface area contributed by atoms with Crippen LogP contribution < -0.4 is 4.74 Å². The first-order valence-electron chi connectivity index (χ1n) is 10.9. The largest absolute Gasteiger partial charge is 0.478 e. The van der Waals surface area contributed by atoms with Crippen molar-refractivity contribution in [3.8, 4) is 11.4 Å². The SMILES string of the molecule is Cc1cccc(-n2nc(C)c3cc(C(=O)N4CCN(COc5ccc(Cl)cc5)CC4)sc32)c1. The predicted molar refractivity (Wildman–Crippen MR) is 133 cm³/mol. The number of aryl methyl sites for hydroxylation is 2. The molecule has 0 unspecified atom stereocenters. The number of rotatable bonds is 5. The van der Waals surface area contributed by atoms with E-state index in [9.17, 15) is 4.79 Å². The molecule has 6 nitrogen and oxygen atoms in total. The molecular weight excluding hydrogens is 456 g/mol. The number of piperazine rings is 1. The number of halogens is 1. The zero-order chi connectivity index (χ0) is 22.9. The molecule has 3 heterocycles. The maximum atomic E-state index is 13.2. The quantitative estimate of drug-likeness (QED) is 0.396. The summed E-state index contributed by atoms with van der Waals surface area (Å²) < 4.78 is 7.79. The number of carbonyl (C=O) groups is 1. The van der Waals surface area contributed by atoms with Crippen LogP contribution in [0.15, 0.2) is 54.6 Å². The molecule has 33 heavy (non-hydrogen) atoms. The van der Waals surface area contributed by atoms with Crippen LogP contribution in [0.1, 0.15) is 20.9 Å². The van der Waals surface area contributed by atoms with Crippen molar-refractivity contribution in [3.05, 3.63) is 75.8 Å². The van der Waals surface area contributed by atoms with E-state index in [2.05, 4.69) is 24.0 Å². The van der Waals surface area contributed by atoms with Crippen molar-refractivity contribution < 1.29 is 9.53 Å². The Balaban J connectivity index is 1.25. The van der Waals surface area contributed by atoms with Crippen molar-refractivity contribution in [2.75, 3.05) is 32.9 Å². The molecule has 2 aromatic carbocycles. The van der Waals surface area contributed by atoms with Gasteiger partial charge >= 0.3 is 0 Å². The number of hydrogen-bond donors (Lipinski definition) is 0. The number of thiophene rings is 1. The van der Waals surface area contributed by atoms with Gasteiger partial charge in [-0.05, 0) is 61.9 Å². The normalized spacial score (nSPS) is 14.7. The highest BCUT2D eigenvalue weighted by molar-refractivity contribution is 7.20. The van der Waals surface area contributed by atoms with Gasteiger partial charge in [-0.1, -0.05) is 23.7 Å². The van der Waals surface area contributed by atoms with Crippen molar-refractivity contribution in [2.45, 2.75) is 13.8 Å². The zero-order valence-electron chi connectivity index (χ0n) is 18.6. The van der Waals surface area contributed by atoms with E-state index in [0.717, 1.165) is 45.3 Å². The molecule has 1 saturated heterocycles. The van der Waals surface area contributed by atoms with Gasteiger partial charge in [-0.3, -0.25) is 9.69 Å². The highest BCUT2D eigenvalue weighted by Gasteiger charge is 2.25. The Labute approximate surface area is 201 Å². The van der Waals surface area contributed by atoms with E-state index < -0.39 is 0 Å². The molecule has 4 aromatic rings. The minimum atomic E-state index is 0.0876. The Morgan fingerprint density at radius 2 is 1.82 bits per heavy atom. The number of hydrogen-bond acceptors (Lipinski definition) is 5. The van der Waals surface area contributed by atoms with Gasteiger partial charge in [0.15, 0.2) is 0 Å². The summed E-state index contributed by atoms with van der Waals surface area (Å²) in [5.41, 5.74) is 3.13. The molecule has 0 N–H and O–H groups in total. The number of amides is 1. The maximum absolute atomic E-state index is 13.2. The second kappa shape index (κ2) is 9.17. The standard InChI is InChI=1S/C25H25ClN4O2S/c1-17-4-3-5-20(14-17)30-25-22(18(2)27-30)15-23(33-25)24(31)29-12-10-28(11-13-29)16-32-21-8-6-19(26)7-9-21/h3-9,14-15H,10-13,16H2,1-2H3. The number of carbonyl (C=O) groups excluding carboxylic acids is 1. The van der Waals surface area contributed by atoms with E-state index in [1.807, 2.05) is 59.0 Å². The molecule has 1 fully saturated rings. The summed E-state index contributed by atoms with van der Waals surface area (Å²) in [6, 6.07) is 17.6. The molecule has 1 aliphatic heterocycles. The number of fused-ring (bicyclic) bond motifs is 1. The smallest absolute Gasteiger partial charge is 0.264 e. The highest BCUT2D eigenvalue weighted by Crippen LogP contribution is 2.31. The number of aromatic nitrogens is 2. The summed E-state index contributed by atoms with van der Waals surface area (Å²) in [5.74, 6) is 0.880. The molecule has 170 valence electrons. The van der Waals surface area contributed by atoms with Crippen molar-refractivity contribution in [1.82, 2.24) is 19.6 Å². The second-order valence-electron chi connectivity index (χ2n) is 8.30. The van der Waals surface area contributed by atoms with Gasteiger partial charge in [-0.25, -0.2) is 4.68 Å². The summed E-state index contributed by atoms with van der Waals surface area (Å²) in [4.78, 5) is 19.2. The Morgan fingerprint density at radius 3 is 2.55 bits per heavy atom. The highest BCUT2D eigenvalue weighted by atomic mass is 35.5. The number of nitrogens with zero attached hydrogens (tertiary/aromatic N) is 4. The van der Waals surface area contributed by atoms with Crippen molar-refractivity contribution in [3.63, 3.8) is 0 Å². The Bertz CT molecular complexity index is 1290. The first-order chi connectivity index (χ1) is 16.0. The zero-order valence-corrected chi connectivity index (χ0v) is 20.2. The third-order valence-electron chi connectivity index (χ3n) is 5.89. The van der Waals surface area contributed by atoms with Gasteiger partial charge in [0, 0.05) is 36.6 Å². The number of benzene rings is 2. The fourth-order valence-electron chi connectivity index (χ4n) is 4.02. The molecule has 0 saturated carbocycles. The second-order valence-corrected chi connectivity index (χ2v) is 9.77. The first kappa shape index (κ1) is 21.9. The number of ether oxygens (including phenoxy) is 1. The van der Waals surface area contributed by atoms with Gasteiger partial charge in [-0.2, -0.15) is 5.10 Å². The molecule has 1 aliphatic rings. The first-order valence-corrected chi connectivity index (χ1v) is 12.1. The molecular formula is C25H25ClN4O2S. The van der Waals surface area contributed by atoms with Crippen LogP contribution in [0.3, 0.4) is 0 Å². The van der Waals surface area contributed by atoms with Crippen LogP contribution in [0.5, 0.6) is 5.75 Å². The molecule has 0 atom stereocenters. The topological polar surface area (TPSA) is 50.6 Å². The van der Waals surface area contributed by atoms with Crippen molar-refractivity contribution >= 4 is 39.1 Å². The van der Waals surface area contributed by atoms with E-state index in [1.165, 1.54) is 16.9 Å². The molecule has 0 spiro atoms. The molecule has 0 bridgehead atoms. The van der Waals surface area contributed by atoms with Gasteiger partial charge < -0.3 is 9.64 Å². The van der Waals surface area contributed by atoms with Crippen LogP contribution in [0.2, 0.25) is 5.02 Å². The van der Waals surface area contributed by atoms with Gasteiger partial charge in [0.05, 0.1) is 16.3 Å². The average molecular weight is 481 g/mol. The summed E-state index contributed by atoms with van der Waals surface area (Å²) in [5, 5.41) is 6.44. The monoisotopic (exact) mass is 480 g/mol. The lowest BCUT2D eigenvalue weighted by molar-refractivity contribution is 0.0485. The molecule has 8 heteroatoms. The van der Waals surface area contributed by atoms with E-state index >= 15 is 0 Å². The summed E-state index contributed by atoms with van der Waals surface area (Å²) >= 11 is 7.44. The van der Waals surface area contributed by atoms with Gasteiger partial charge in [0.2, 0.25) is 0 Å². The third kappa shape index (κ3) is 4.62. The predicted octanol–water partition coefficient (Wildman–Crippen LogP) is 5.15. The fourth-order valence-corrected chi connectivity index (χ4v) is 5.30. The van der Waals surface area contributed by atoms with Crippen LogP contribution in [-0.2, 0) is 0 Å². The van der Waals surface area contributed by atoms with Crippen LogP contribution in [0, 0.1) is 13.8 Å². The van der Waals surface area contributed by atoms with Gasteiger partial charge in [0.1, 0.15) is 17.3 Å². The van der Waals surface area contributed by atoms with E-state index in [0.29, 0.717) is 24.8 Å². The third-order valence-corrected chi connectivity index (χ3v) is 7.24. The lowest BCUT2D eigenvalue weighted by Crippen LogP contribution is -2.49. The van der Waals surface area contributed by atoms with Gasteiger partial charge in [0.25, 0.3) is 5.91 Å². The Hall–Kier alpha value is -2.87. The fraction of sp³-hybridized carbons (Fsp3) is 0.280. The summed E-state index contributed by atoms with van der Waals surface area (Å²) in [6.45, 7) is 7.48. The minimum absolute atomic E-state index is 0.0876. The molecule has 0 radical (unpaired) electrons. The Morgan fingerprint density at radius 1 is 1.06 bits per heavy atom. The lowest BCUT2D eigenvalue weighted by atomic mass is 10.2. The maximum Gasteiger partial charge on any atom is 0.264 e. The lowest BCUT2D eigenvalue weighted by Gasteiger charge is -2.34. The molecule has 0 aliphatic carbocycles. The average Bonchev–Trinajstić information content (AvgIpc) is 3.39. The van der Waals surface area contributed by atoms with Crippen LogP contribution in [0.4, 0.5) is 0 Å². The van der Waals surface area contributed by atoms with Gasteiger partial charge in [-0.15, -0.1) is 11.3 Å². The minimum Gasteiger partial charge on any atom is -0.478 e. The molecule has 2 aromatic heterocycles. The van der Waals surface area contributed by atoms with E-state index in [1.54, 1.807) is 0 Å². The molecule has 1 amide bonds. The van der Waals surface area contributed by atoms with Crippen molar-refractivity contribution in [1.29, 1.82) is 0 Å². The van der Waals surface area contributed by atoms with Crippen LogP contribution in [-0.4, -0.2) is 58.4 Å². The Kier molecular flexibility index (Phi) is 6.10. The molecule has 5 rings (SSSR count). The summed E-state index contributed by atoms with van der Waals surface area (Å²) in [7, 11) is 0. The van der Waals surface area contributed by atoms with Crippen molar-refractivity contribution in [2.24, 2.45) is 0 Å². The van der Waals surface area contributed by atoms with E-state index in [4.69, 9.17) is 21.4 Å². The van der Waals surface area contributed by atoms with Crippen LogP contribution >= 0.6 is 22.9 Å².